The van der Waals surface area contributed by atoms with Crippen molar-refractivity contribution in [1.29, 1.82) is 0 Å². The number of rotatable bonds is 7. The minimum absolute atomic E-state index is 0.0244. The van der Waals surface area contributed by atoms with Gasteiger partial charge in [-0.25, -0.2) is 8.42 Å². The first kappa shape index (κ1) is 19.1. The highest BCUT2D eigenvalue weighted by Gasteiger charge is 2.32. The van der Waals surface area contributed by atoms with E-state index in [1.54, 1.807) is 28.6 Å². The summed E-state index contributed by atoms with van der Waals surface area (Å²) >= 11 is 6.03. The van der Waals surface area contributed by atoms with E-state index < -0.39 is 10.0 Å². The number of nitrogens with one attached hydrogen (secondary N) is 1. The average molecular weight is 386 g/mol. The third-order valence-corrected chi connectivity index (χ3v) is 7.32. The molecule has 7 heteroatoms. The number of halogens is 1. The lowest BCUT2D eigenvalue weighted by Crippen LogP contribution is -2.49. The van der Waals surface area contributed by atoms with Crippen molar-refractivity contribution in [3.8, 4) is 0 Å². The topological polar surface area (TPSA) is 52.7 Å². The minimum Gasteiger partial charge on any atom is -0.315 e. The molecule has 140 valence electrons. The fourth-order valence-electron chi connectivity index (χ4n) is 3.80. The summed E-state index contributed by atoms with van der Waals surface area (Å²) in [6, 6.07) is 6.64. The van der Waals surface area contributed by atoms with Crippen LogP contribution in [0.2, 0.25) is 5.02 Å². The van der Waals surface area contributed by atoms with Gasteiger partial charge in [-0.3, -0.25) is 0 Å². The molecule has 1 unspecified atom stereocenters. The number of nitrogens with zero attached hydrogens (tertiary/aromatic N) is 2. The van der Waals surface area contributed by atoms with Gasteiger partial charge >= 0.3 is 0 Å². The van der Waals surface area contributed by atoms with Crippen LogP contribution in [0.4, 0.5) is 0 Å². The molecule has 2 aliphatic heterocycles. The van der Waals surface area contributed by atoms with E-state index in [4.69, 9.17) is 11.6 Å². The number of hydrogen-bond donors (Lipinski definition) is 1. The highest BCUT2D eigenvalue weighted by atomic mass is 35.5. The van der Waals surface area contributed by atoms with Crippen molar-refractivity contribution in [2.75, 3.05) is 39.3 Å². The maximum absolute atomic E-state index is 13.2. The van der Waals surface area contributed by atoms with Gasteiger partial charge in [-0.15, -0.1) is 0 Å². The van der Waals surface area contributed by atoms with E-state index >= 15 is 0 Å². The van der Waals surface area contributed by atoms with Gasteiger partial charge in [0, 0.05) is 24.2 Å². The Morgan fingerprint density at radius 1 is 1.24 bits per heavy atom. The summed E-state index contributed by atoms with van der Waals surface area (Å²) in [7, 11) is -3.53. The first-order valence-corrected chi connectivity index (χ1v) is 11.1. The van der Waals surface area contributed by atoms with Crippen LogP contribution in [0.3, 0.4) is 0 Å². The lowest BCUT2D eigenvalue weighted by Gasteiger charge is -2.34. The second kappa shape index (κ2) is 8.82. The Labute approximate surface area is 156 Å². The van der Waals surface area contributed by atoms with Crippen molar-refractivity contribution in [2.24, 2.45) is 0 Å². The Morgan fingerprint density at radius 3 is 2.72 bits per heavy atom. The summed E-state index contributed by atoms with van der Waals surface area (Å²) < 4.78 is 28.2. The van der Waals surface area contributed by atoms with Crippen LogP contribution >= 0.6 is 11.6 Å². The van der Waals surface area contributed by atoms with Crippen LogP contribution in [-0.2, 0) is 10.0 Å². The fraction of sp³-hybridized carbons (Fsp3) is 0.667. The smallest absolute Gasteiger partial charge is 0.243 e. The molecular formula is C18H28ClN3O2S. The maximum atomic E-state index is 13.2. The summed E-state index contributed by atoms with van der Waals surface area (Å²) in [6.45, 7) is 5.52. The number of sulfonamides is 1. The minimum atomic E-state index is -3.53. The zero-order valence-corrected chi connectivity index (χ0v) is 16.2. The Kier molecular flexibility index (Phi) is 6.74. The molecule has 0 spiro atoms. The van der Waals surface area contributed by atoms with Crippen LogP contribution in [0, 0.1) is 0 Å². The van der Waals surface area contributed by atoms with Crippen molar-refractivity contribution in [2.45, 2.75) is 43.0 Å². The lowest BCUT2D eigenvalue weighted by molar-refractivity contribution is 0.246. The molecule has 2 aliphatic rings. The van der Waals surface area contributed by atoms with E-state index in [2.05, 4.69) is 10.2 Å². The van der Waals surface area contributed by atoms with Gasteiger partial charge in [-0.05, 0) is 76.5 Å². The van der Waals surface area contributed by atoms with Crippen LogP contribution in [-0.4, -0.2) is 62.9 Å². The summed E-state index contributed by atoms with van der Waals surface area (Å²) in [5.41, 5.74) is 0. The summed E-state index contributed by atoms with van der Waals surface area (Å²) in [5, 5.41) is 3.80. The highest BCUT2D eigenvalue weighted by molar-refractivity contribution is 7.89. The molecule has 2 heterocycles. The molecule has 0 saturated carbocycles. The SMILES string of the molecule is O=S(=O)(c1cccc(Cl)c1)N(CCCN1CCCC1)C1CCCNC1. The standard InChI is InChI=1S/C18H28ClN3O2S/c19-16-6-3-8-18(14-16)25(23,24)22(17-7-4-9-20-15-17)13-5-12-21-10-1-2-11-21/h3,6,8,14,17,20H,1-2,4-5,7,9-13,15H2. The summed E-state index contributed by atoms with van der Waals surface area (Å²) in [6.07, 6.45) is 5.32. The Balaban J connectivity index is 1.74. The van der Waals surface area contributed by atoms with E-state index in [-0.39, 0.29) is 6.04 Å². The van der Waals surface area contributed by atoms with Gasteiger partial charge in [0.25, 0.3) is 0 Å². The molecule has 2 fully saturated rings. The zero-order valence-electron chi connectivity index (χ0n) is 14.7. The summed E-state index contributed by atoms with van der Waals surface area (Å²) in [5.74, 6) is 0. The van der Waals surface area contributed by atoms with Gasteiger partial charge in [0.1, 0.15) is 0 Å². The first-order chi connectivity index (χ1) is 12.1. The number of hydrogen-bond acceptors (Lipinski definition) is 4. The van der Waals surface area contributed by atoms with Crippen LogP contribution in [0.1, 0.15) is 32.1 Å². The predicted octanol–water partition coefficient (Wildman–Crippen LogP) is 2.57. The van der Waals surface area contributed by atoms with Crippen LogP contribution in [0.5, 0.6) is 0 Å². The normalized spacial score (nSPS) is 22.6. The van der Waals surface area contributed by atoms with E-state index in [1.165, 1.54) is 12.8 Å². The van der Waals surface area contributed by atoms with E-state index in [0.29, 0.717) is 16.5 Å². The number of piperidine rings is 1. The molecule has 1 aromatic rings. The average Bonchev–Trinajstić information content (AvgIpc) is 3.13. The van der Waals surface area contributed by atoms with Crippen molar-refractivity contribution in [1.82, 2.24) is 14.5 Å². The second-order valence-corrected chi connectivity index (χ2v) is 9.30. The van der Waals surface area contributed by atoms with Crippen LogP contribution < -0.4 is 5.32 Å². The van der Waals surface area contributed by atoms with E-state index in [1.807, 2.05) is 0 Å². The fourth-order valence-corrected chi connectivity index (χ4v) is 5.79. The molecule has 1 N–H and O–H groups in total. The number of likely N-dealkylation sites (tertiary alicyclic amines) is 1. The molecule has 0 aliphatic carbocycles. The first-order valence-electron chi connectivity index (χ1n) is 9.28. The molecule has 0 radical (unpaired) electrons. The van der Waals surface area contributed by atoms with E-state index in [9.17, 15) is 8.42 Å². The van der Waals surface area contributed by atoms with Crippen molar-refractivity contribution >= 4 is 21.6 Å². The van der Waals surface area contributed by atoms with Crippen molar-refractivity contribution in [3.05, 3.63) is 29.3 Å². The monoisotopic (exact) mass is 385 g/mol. The second-order valence-electron chi connectivity index (χ2n) is 6.98. The van der Waals surface area contributed by atoms with Gasteiger partial charge in [0.15, 0.2) is 0 Å². The Hall–Kier alpha value is -0.660. The van der Waals surface area contributed by atoms with Crippen LogP contribution in [0.25, 0.3) is 0 Å². The molecule has 3 rings (SSSR count). The summed E-state index contributed by atoms with van der Waals surface area (Å²) in [4.78, 5) is 2.73. The van der Waals surface area contributed by atoms with Crippen molar-refractivity contribution < 1.29 is 8.42 Å². The van der Waals surface area contributed by atoms with Gasteiger partial charge < -0.3 is 10.2 Å². The Morgan fingerprint density at radius 2 is 2.04 bits per heavy atom. The molecular weight excluding hydrogens is 358 g/mol. The zero-order chi connectivity index (χ0) is 17.7. The molecule has 5 nitrogen and oxygen atoms in total. The van der Waals surface area contributed by atoms with Gasteiger partial charge in [-0.1, -0.05) is 17.7 Å². The van der Waals surface area contributed by atoms with Crippen LogP contribution in [0.15, 0.2) is 29.2 Å². The molecule has 0 aromatic heterocycles. The molecule has 1 atom stereocenters. The van der Waals surface area contributed by atoms with Gasteiger partial charge in [0.05, 0.1) is 4.90 Å². The highest BCUT2D eigenvalue weighted by Crippen LogP contribution is 2.24. The molecule has 2 saturated heterocycles. The molecule has 0 amide bonds. The third-order valence-electron chi connectivity index (χ3n) is 5.13. The van der Waals surface area contributed by atoms with E-state index in [0.717, 1.165) is 52.0 Å². The largest absolute Gasteiger partial charge is 0.315 e. The lowest BCUT2D eigenvalue weighted by atomic mass is 10.1. The Bertz CT molecular complexity index is 656. The maximum Gasteiger partial charge on any atom is 0.243 e. The molecule has 25 heavy (non-hydrogen) atoms. The van der Waals surface area contributed by atoms with Gasteiger partial charge in [-0.2, -0.15) is 4.31 Å². The third kappa shape index (κ3) is 4.95. The molecule has 1 aromatic carbocycles. The molecule has 0 bridgehead atoms. The predicted molar refractivity (Wildman–Crippen MR) is 102 cm³/mol. The quantitative estimate of drug-likeness (QED) is 0.783. The van der Waals surface area contributed by atoms with Gasteiger partial charge in [0.2, 0.25) is 10.0 Å². The van der Waals surface area contributed by atoms with Crippen molar-refractivity contribution in [3.63, 3.8) is 0 Å². The number of benzene rings is 1.